The molecule has 33 heavy (non-hydrogen) atoms. The van der Waals surface area contributed by atoms with E-state index in [1.807, 2.05) is 30.3 Å². The van der Waals surface area contributed by atoms with Gasteiger partial charge in [-0.05, 0) is 41.1 Å². The zero-order chi connectivity index (χ0) is 23.3. The van der Waals surface area contributed by atoms with Crippen molar-refractivity contribution < 1.29 is 28.7 Å². The summed E-state index contributed by atoms with van der Waals surface area (Å²) in [4.78, 5) is 51.3. The van der Waals surface area contributed by atoms with Crippen LogP contribution in [0.3, 0.4) is 0 Å². The second-order valence-corrected chi connectivity index (χ2v) is 8.12. The molecule has 2 aliphatic heterocycles. The van der Waals surface area contributed by atoms with Crippen LogP contribution in [-0.4, -0.2) is 29.5 Å². The molecule has 8 heteroatoms. The Balaban J connectivity index is 1.42. The first-order valence-electron chi connectivity index (χ1n) is 10.2. The van der Waals surface area contributed by atoms with Crippen molar-refractivity contribution in [2.24, 2.45) is 0 Å². The van der Waals surface area contributed by atoms with Gasteiger partial charge in [0.2, 0.25) is 0 Å². The first-order valence-corrected chi connectivity index (χ1v) is 10.2. The first kappa shape index (κ1) is 20.4. The second-order valence-electron chi connectivity index (χ2n) is 8.12. The van der Waals surface area contributed by atoms with E-state index in [-0.39, 0.29) is 16.7 Å². The maximum absolute atomic E-state index is 13.1. The van der Waals surface area contributed by atoms with Gasteiger partial charge in [0, 0.05) is 25.7 Å². The van der Waals surface area contributed by atoms with Crippen LogP contribution in [0, 0.1) is 0 Å². The molecule has 3 aromatic rings. The number of anilines is 2. The highest BCUT2D eigenvalue weighted by atomic mass is 16.7. The lowest BCUT2D eigenvalue weighted by atomic mass is 10.1. The van der Waals surface area contributed by atoms with Gasteiger partial charge in [0.15, 0.2) is 5.57 Å². The molecule has 0 spiro atoms. The van der Waals surface area contributed by atoms with E-state index in [0.717, 1.165) is 21.9 Å². The molecule has 2 heterocycles. The van der Waals surface area contributed by atoms with Crippen molar-refractivity contribution in [2.75, 3.05) is 10.2 Å². The molecule has 1 fully saturated rings. The van der Waals surface area contributed by atoms with E-state index in [9.17, 15) is 19.2 Å². The topological polar surface area (TPSA) is 102 Å². The number of imide groups is 1. The summed E-state index contributed by atoms with van der Waals surface area (Å²) in [6.45, 7) is 2.91. The number of hydrogen-bond acceptors (Lipinski definition) is 7. The third-order valence-electron chi connectivity index (χ3n) is 5.38. The fraction of sp³-hybridized carbons (Fsp3) is 0.120. The number of nitrogens with zero attached hydrogens (tertiary/aromatic N) is 1. The molecule has 0 bridgehead atoms. The van der Waals surface area contributed by atoms with Gasteiger partial charge < -0.3 is 14.8 Å². The van der Waals surface area contributed by atoms with Crippen LogP contribution in [0.2, 0.25) is 0 Å². The number of rotatable bonds is 3. The van der Waals surface area contributed by atoms with Gasteiger partial charge in [0.1, 0.15) is 0 Å². The quantitative estimate of drug-likeness (QED) is 0.285. The monoisotopic (exact) mass is 442 g/mol. The lowest BCUT2D eigenvalue weighted by Gasteiger charge is -2.29. The number of cyclic esters (lactones) is 2. The van der Waals surface area contributed by atoms with E-state index in [4.69, 9.17) is 9.47 Å². The molecule has 164 valence electrons. The minimum Gasteiger partial charge on any atom is -0.419 e. The molecule has 1 N–H and O–H groups in total. The SMILES string of the molecule is CC1(C)OC(=O)C(=CNc2ccc3c(c2)C(=O)N(c2ccc4ccccc4c2)C3=O)C(=O)O1. The standard InChI is InChI=1S/C25H18N2O6/c1-25(2)32-23(30)20(24(31)33-25)13-26-16-8-10-18-19(12-16)22(29)27(21(18)28)17-9-7-14-5-3-4-6-15(14)11-17/h3-13,26H,1-2H3. The largest absolute Gasteiger partial charge is 0.419 e. The summed E-state index contributed by atoms with van der Waals surface area (Å²) >= 11 is 0. The Hall–Kier alpha value is -4.46. The highest BCUT2D eigenvalue weighted by Gasteiger charge is 2.39. The minimum absolute atomic E-state index is 0.214. The van der Waals surface area contributed by atoms with Crippen molar-refractivity contribution in [1.29, 1.82) is 0 Å². The number of nitrogens with one attached hydrogen (secondary N) is 1. The summed E-state index contributed by atoms with van der Waals surface area (Å²) in [7, 11) is 0. The molecule has 0 aliphatic carbocycles. The van der Waals surface area contributed by atoms with Gasteiger partial charge in [-0.2, -0.15) is 0 Å². The van der Waals surface area contributed by atoms with E-state index in [1.54, 1.807) is 18.2 Å². The summed E-state index contributed by atoms with van der Waals surface area (Å²) in [5.41, 5.74) is 1.06. The number of carbonyl (C=O) groups excluding carboxylic acids is 4. The van der Waals surface area contributed by atoms with E-state index in [2.05, 4.69) is 5.32 Å². The number of carbonyl (C=O) groups is 4. The number of amides is 2. The van der Waals surface area contributed by atoms with Crippen molar-refractivity contribution in [3.8, 4) is 0 Å². The Morgan fingerprint density at radius 2 is 1.45 bits per heavy atom. The minimum atomic E-state index is -1.34. The van der Waals surface area contributed by atoms with Crippen LogP contribution in [-0.2, 0) is 19.1 Å². The van der Waals surface area contributed by atoms with E-state index < -0.39 is 29.5 Å². The summed E-state index contributed by atoms with van der Waals surface area (Å²) < 4.78 is 10.1. The fourth-order valence-electron chi connectivity index (χ4n) is 3.81. The van der Waals surface area contributed by atoms with Crippen LogP contribution in [0.15, 0.2) is 72.4 Å². The lowest BCUT2D eigenvalue weighted by molar-refractivity contribution is -0.222. The zero-order valence-electron chi connectivity index (χ0n) is 17.7. The second kappa shape index (κ2) is 7.30. The van der Waals surface area contributed by atoms with E-state index >= 15 is 0 Å². The smallest absolute Gasteiger partial charge is 0.350 e. The van der Waals surface area contributed by atoms with Gasteiger partial charge >= 0.3 is 11.9 Å². The molecule has 1 saturated heterocycles. The number of benzene rings is 3. The maximum Gasteiger partial charge on any atom is 0.350 e. The number of fused-ring (bicyclic) bond motifs is 2. The number of ether oxygens (including phenoxy) is 2. The Bertz CT molecular complexity index is 1380. The maximum atomic E-state index is 13.1. The predicted molar refractivity (Wildman–Crippen MR) is 119 cm³/mol. The average Bonchev–Trinajstić information content (AvgIpc) is 3.01. The van der Waals surface area contributed by atoms with Crippen LogP contribution in [0.1, 0.15) is 34.6 Å². The molecule has 0 atom stereocenters. The molecule has 8 nitrogen and oxygen atoms in total. The van der Waals surface area contributed by atoms with Crippen molar-refractivity contribution in [1.82, 2.24) is 0 Å². The van der Waals surface area contributed by atoms with Gasteiger partial charge in [-0.3, -0.25) is 9.59 Å². The molecule has 0 saturated carbocycles. The fourth-order valence-corrected chi connectivity index (χ4v) is 3.81. The van der Waals surface area contributed by atoms with Crippen LogP contribution in [0.4, 0.5) is 11.4 Å². The molecular formula is C25H18N2O6. The van der Waals surface area contributed by atoms with Crippen LogP contribution in [0.25, 0.3) is 10.8 Å². The molecule has 2 amide bonds. The van der Waals surface area contributed by atoms with Crippen molar-refractivity contribution in [2.45, 2.75) is 19.6 Å². The van der Waals surface area contributed by atoms with E-state index in [1.165, 1.54) is 26.0 Å². The third kappa shape index (κ3) is 3.51. The number of hydrogen-bond donors (Lipinski definition) is 1. The molecule has 0 radical (unpaired) electrons. The average molecular weight is 442 g/mol. The summed E-state index contributed by atoms with van der Waals surface area (Å²) in [5.74, 6) is -3.85. The number of esters is 2. The van der Waals surface area contributed by atoms with Crippen molar-refractivity contribution >= 4 is 45.9 Å². The van der Waals surface area contributed by atoms with Crippen molar-refractivity contribution in [3.63, 3.8) is 0 Å². The highest BCUT2D eigenvalue weighted by Crippen LogP contribution is 2.32. The Labute approximate surface area is 188 Å². The summed E-state index contributed by atoms with van der Waals surface area (Å²) in [6, 6.07) is 17.7. The Kier molecular flexibility index (Phi) is 4.52. The van der Waals surface area contributed by atoms with Crippen LogP contribution in [0.5, 0.6) is 0 Å². The summed E-state index contributed by atoms with van der Waals surface area (Å²) in [5, 5.41) is 4.71. The van der Waals surface area contributed by atoms with Gasteiger partial charge in [0.05, 0.1) is 16.8 Å². The molecule has 3 aromatic carbocycles. The zero-order valence-corrected chi connectivity index (χ0v) is 17.7. The predicted octanol–water partition coefficient (Wildman–Crippen LogP) is 3.77. The highest BCUT2D eigenvalue weighted by molar-refractivity contribution is 6.34. The molecule has 0 aromatic heterocycles. The first-order chi connectivity index (χ1) is 15.7. The van der Waals surface area contributed by atoms with Gasteiger partial charge in [-0.25, -0.2) is 14.5 Å². The third-order valence-corrected chi connectivity index (χ3v) is 5.38. The van der Waals surface area contributed by atoms with Gasteiger partial charge in [-0.1, -0.05) is 30.3 Å². The Morgan fingerprint density at radius 1 is 0.788 bits per heavy atom. The van der Waals surface area contributed by atoms with E-state index in [0.29, 0.717) is 11.4 Å². The van der Waals surface area contributed by atoms with Crippen LogP contribution < -0.4 is 10.2 Å². The lowest BCUT2D eigenvalue weighted by Crippen LogP contribution is -2.42. The molecule has 5 rings (SSSR count). The molecular weight excluding hydrogens is 424 g/mol. The summed E-state index contributed by atoms with van der Waals surface area (Å²) in [6.07, 6.45) is 1.16. The Morgan fingerprint density at radius 3 is 2.18 bits per heavy atom. The van der Waals surface area contributed by atoms with Crippen LogP contribution >= 0.6 is 0 Å². The normalized spacial score (nSPS) is 17.0. The molecule has 0 unspecified atom stereocenters. The van der Waals surface area contributed by atoms with Crippen molar-refractivity contribution in [3.05, 3.63) is 83.6 Å². The van der Waals surface area contributed by atoms with Gasteiger partial charge in [-0.15, -0.1) is 0 Å². The van der Waals surface area contributed by atoms with Gasteiger partial charge in [0.25, 0.3) is 17.6 Å². The molecule has 2 aliphatic rings.